The first-order chi connectivity index (χ1) is 12.4. The van der Waals surface area contributed by atoms with Crippen molar-refractivity contribution in [3.05, 3.63) is 64.9 Å². The Hall–Kier alpha value is -2.99. The lowest BCUT2D eigenvalue weighted by molar-refractivity contribution is -0.123. The van der Waals surface area contributed by atoms with Crippen LogP contribution in [0.4, 0.5) is 5.82 Å². The summed E-state index contributed by atoms with van der Waals surface area (Å²) in [6, 6.07) is 12.1. The van der Waals surface area contributed by atoms with E-state index in [1.807, 2.05) is 18.2 Å². The van der Waals surface area contributed by atoms with Gasteiger partial charge in [0.1, 0.15) is 5.82 Å². The molecular weight excluding hydrogens is 354 g/mol. The molecule has 132 valence electrons. The number of nitrogens with zero attached hydrogens (tertiary/aromatic N) is 2. The number of aryl methyl sites for hydroxylation is 1. The second-order valence-electron chi connectivity index (χ2n) is 5.73. The largest absolute Gasteiger partial charge is 0.449 e. The van der Waals surface area contributed by atoms with Crippen LogP contribution in [-0.2, 0) is 9.53 Å². The molecule has 1 aromatic carbocycles. The number of nitrogens with one attached hydrogen (secondary N) is 1. The number of halogens is 1. The molecule has 0 aliphatic carbocycles. The predicted octanol–water partition coefficient (Wildman–Crippen LogP) is 3.78. The van der Waals surface area contributed by atoms with Crippen molar-refractivity contribution in [2.24, 2.45) is 0 Å². The Morgan fingerprint density at radius 2 is 1.96 bits per heavy atom. The summed E-state index contributed by atoms with van der Waals surface area (Å²) in [5.74, 6) is -0.742. The van der Waals surface area contributed by atoms with E-state index in [9.17, 15) is 9.59 Å². The molecule has 0 radical (unpaired) electrons. The molecule has 0 fully saturated rings. The molecule has 0 aliphatic heterocycles. The van der Waals surface area contributed by atoms with Crippen LogP contribution in [0, 0.1) is 6.92 Å². The zero-order valence-corrected chi connectivity index (χ0v) is 14.9. The summed E-state index contributed by atoms with van der Waals surface area (Å²) < 4.78 is 5.32. The van der Waals surface area contributed by atoms with Gasteiger partial charge in [-0.2, -0.15) is 0 Å². The smallest absolute Gasteiger partial charge is 0.339 e. The van der Waals surface area contributed by atoms with Crippen LogP contribution in [0.25, 0.3) is 10.9 Å². The quantitative estimate of drug-likeness (QED) is 0.708. The van der Waals surface area contributed by atoms with Crippen molar-refractivity contribution < 1.29 is 14.3 Å². The number of amides is 1. The second kappa shape index (κ2) is 7.49. The molecule has 1 atom stereocenters. The first kappa shape index (κ1) is 17.8. The van der Waals surface area contributed by atoms with Crippen molar-refractivity contribution in [3.8, 4) is 0 Å². The lowest BCUT2D eigenvalue weighted by Gasteiger charge is -2.14. The topological polar surface area (TPSA) is 81.2 Å². The molecule has 6 nitrogen and oxygen atoms in total. The molecule has 0 unspecified atom stereocenters. The number of anilines is 1. The Bertz CT molecular complexity index is 973. The summed E-state index contributed by atoms with van der Waals surface area (Å²) in [4.78, 5) is 33.1. The van der Waals surface area contributed by atoms with Gasteiger partial charge in [0.05, 0.1) is 16.1 Å². The fraction of sp³-hybridized carbons (Fsp3) is 0.158. The van der Waals surface area contributed by atoms with Gasteiger partial charge in [0.15, 0.2) is 6.10 Å². The highest BCUT2D eigenvalue weighted by Crippen LogP contribution is 2.20. The number of carbonyl (C=O) groups is 2. The van der Waals surface area contributed by atoms with Crippen LogP contribution in [0.15, 0.2) is 48.7 Å². The van der Waals surface area contributed by atoms with Gasteiger partial charge < -0.3 is 10.1 Å². The Kier molecular flexibility index (Phi) is 5.14. The Labute approximate surface area is 155 Å². The minimum absolute atomic E-state index is 0.326. The second-order valence-corrected chi connectivity index (χ2v) is 6.16. The van der Waals surface area contributed by atoms with E-state index in [0.717, 1.165) is 0 Å². The van der Waals surface area contributed by atoms with Crippen LogP contribution < -0.4 is 5.32 Å². The van der Waals surface area contributed by atoms with Crippen LogP contribution in [0.5, 0.6) is 0 Å². The summed E-state index contributed by atoms with van der Waals surface area (Å²) in [6.45, 7) is 3.30. The number of benzene rings is 1. The monoisotopic (exact) mass is 369 g/mol. The average Bonchev–Trinajstić information content (AvgIpc) is 2.62. The molecule has 7 heteroatoms. The van der Waals surface area contributed by atoms with Crippen LogP contribution in [0.3, 0.4) is 0 Å². The van der Waals surface area contributed by atoms with Gasteiger partial charge in [-0.25, -0.2) is 9.78 Å². The molecule has 3 rings (SSSR count). The summed E-state index contributed by atoms with van der Waals surface area (Å²) >= 11 is 5.76. The van der Waals surface area contributed by atoms with Crippen LogP contribution >= 0.6 is 11.6 Å². The maximum absolute atomic E-state index is 12.6. The summed E-state index contributed by atoms with van der Waals surface area (Å²) in [5, 5.41) is 3.71. The molecule has 1 N–H and O–H groups in total. The number of hydrogen-bond acceptors (Lipinski definition) is 5. The van der Waals surface area contributed by atoms with E-state index in [0.29, 0.717) is 33.0 Å². The van der Waals surface area contributed by atoms with E-state index >= 15 is 0 Å². The van der Waals surface area contributed by atoms with E-state index in [-0.39, 0.29) is 0 Å². The van der Waals surface area contributed by atoms with Crippen LogP contribution in [-0.4, -0.2) is 27.9 Å². The van der Waals surface area contributed by atoms with Gasteiger partial charge in [-0.05, 0) is 38.1 Å². The van der Waals surface area contributed by atoms with E-state index in [1.165, 1.54) is 13.1 Å². The van der Waals surface area contributed by atoms with Crippen molar-refractivity contribution in [2.45, 2.75) is 20.0 Å². The van der Waals surface area contributed by atoms with Crippen molar-refractivity contribution in [3.63, 3.8) is 0 Å². The molecule has 0 saturated carbocycles. The zero-order valence-electron chi connectivity index (χ0n) is 14.2. The molecule has 1 amide bonds. The lowest BCUT2D eigenvalue weighted by atomic mass is 10.1. The minimum atomic E-state index is -0.993. The SMILES string of the molecule is Cc1cc(C(=O)O[C@@H](C)C(=O)Nc2ccc(Cl)cn2)c2ccccc2n1. The highest BCUT2D eigenvalue weighted by atomic mass is 35.5. The number of rotatable bonds is 4. The van der Waals surface area contributed by atoms with Gasteiger partial charge in [-0.1, -0.05) is 29.8 Å². The van der Waals surface area contributed by atoms with Gasteiger partial charge in [-0.3, -0.25) is 9.78 Å². The molecule has 0 aliphatic rings. The lowest BCUT2D eigenvalue weighted by Crippen LogP contribution is -2.30. The first-order valence-corrected chi connectivity index (χ1v) is 8.31. The van der Waals surface area contributed by atoms with Gasteiger partial charge in [0.25, 0.3) is 5.91 Å². The highest BCUT2D eigenvalue weighted by Gasteiger charge is 2.21. The Morgan fingerprint density at radius 3 is 2.69 bits per heavy atom. The zero-order chi connectivity index (χ0) is 18.7. The Morgan fingerprint density at radius 1 is 1.19 bits per heavy atom. The van der Waals surface area contributed by atoms with Crippen LogP contribution in [0.2, 0.25) is 5.02 Å². The number of carbonyl (C=O) groups excluding carboxylic acids is 2. The predicted molar refractivity (Wildman–Crippen MR) is 99.2 cm³/mol. The van der Waals surface area contributed by atoms with Gasteiger partial charge in [0.2, 0.25) is 0 Å². The number of fused-ring (bicyclic) bond motifs is 1. The number of para-hydroxylation sites is 1. The molecule has 2 heterocycles. The van der Waals surface area contributed by atoms with E-state index < -0.39 is 18.0 Å². The summed E-state index contributed by atoms with van der Waals surface area (Å²) in [5.41, 5.74) is 1.76. The van der Waals surface area contributed by atoms with E-state index in [2.05, 4.69) is 15.3 Å². The molecule has 0 bridgehead atoms. The van der Waals surface area contributed by atoms with E-state index in [4.69, 9.17) is 16.3 Å². The molecule has 0 saturated heterocycles. The average molecular weight is 370 g/mol. The number of pyridine rings is 2. The van der Waals surface area contributed by atoms with Crippen molar-refractivity contribution in [2.75, 3.05) is 5.32 Å². The standard InChI is InChI=1S/C19H16ClN3O3/c1-11-9-15(14-5-3-4-6-16(14)22-11)19(25)26-12(2)18(24)23-17-8-7-13(20)10-21-17/h3-10,12H,1-2H3,(H,21,23,24)/t12-/m0/s1. The fourth-order valence-electron chi connectivity index (χ4n) is 2.43. The van der Waals surface area contributed by atoms with Crippen LogP contribution in [0.1, 0.15) is 23.0 Å². The van der Waals surface area contributed by atoms with Crippen molar-refractivity contribution in [1.29, 1.82) is 0 Å². The molecule has 3 aromatic rings. The van der Waals surface area contributed by atoms with Gasteiger partial charge in [0, 0.05) is 17.3 Å². The maximum Gasteiger partial charge on any atom is 0.339 e. The first-order valence-electron chi connectivity index (χ1n) is 7.94. The third kappa shape index (κ3) is 3.97. The van der Waals surface area contributed by atoms with Gasteiger partial charge >= 0.3 is 5.97 Å². The normalized spacial score (nSPS) is 11.8. The molecule has 2 aromatic heterocycles. The summed E-state index contributed by atoms with van der Waals surface area (Å²) in [6.07, 6.45) is 0.423. The Balaban J connectivity index is 1.75. The van der Waals surface area contributed by atoms with Crippen molar-refractivity contribution in [1.82, 2.24) is 9.97 Å². The van der Waals surface area contributed by atoms with Crippen molar-refractivity contribution >= 4 is 40.2 Å². The highest BCUT2D eigenvalue weighted by molar-refractivity contribution is 6.30. The maximum atomic E-state index is 12.6. The molecule has 0 spiro atoms. The third-order valence-electron chi connectivity index (χ3n) is 3.70. The minimum Gasteiger partial charge on any atom is -0.449 e. The number of hydrogen-bond donors (Lipinski definition) is 1. The third-order valence-corrected chi connectivity index (χ3v) is 3.92. The molecule has 26 heavy (non-hydrogen) atoms. The fourth-order valence-corrected chi connectivity index (χ4v) is 2.54. The summed E-state index contributed by atoms with van der Waals surface area (Å²) in [7, 11) is 0. The molecular formula is C19H16ClN3O3. The van der Waals surface area contributed by atoms with E-state index in [1.54, 1.807) is 31.2 Å². The van der Waals surface area contributed by atoms with Gasteiger partial charge in [-0.15, -0.1) is 0 Å². The number of ether oxygens (including phenoxy) is 1. The number of esters is 1. The number of aromatic nitrogens is 2.